The zero-order chi connectivity index (χ0) is 11.0. The molecule has 0 saturated heterocycles. The fraction of sp³-hybridized carbons (Fsp3) is 0.500. The third kappa shape index (κ3) is 5.28. The number of halogens is 1. The summed E-state index contributed by atoms with van der Waals surface area (Å²) in [5, 5.41) is 0. The molecule has 0 spiro atoms. The molecule has 1 unspecified atom stereocenters. The molecule has 0 aromatic rings. The molecule has 0 radical (unpaired) electrons. The normalized spacial score (nSPS) is 24.8. The molecular formula is C12H19FS. The van der Waals surface area contributed by atoms with Crippen molar-refractivity contribution < 1.29 is 4.39 Å². The highest BCUT2D eigenvalue weighted by Crippen LogP contribution is 2.21. The molecule has 0 amide bonds. The van der Waals surface area contributed by atoms with Crippen LogP contribution in [0.2, 0.25) is 0 Å². The third-order valence-corrected chi connectivity index (χ3v) is 2.24. The van der Waals surface area contributed by atoms with E-state index in [1.165, 1.54) is 0 Å². The van der Waals surface area contributed by atoms with E-state index in [1.54, 1.807) is 36.9 Å². The van der Waals surface area contributed by atoms with Crippen LogP contribution < -0.4 is 0 Å². The smallest absolute Gasteiger partial charge is 0.145 e. The standard InChI is InChI=1S/C10H13FS.C2H6/c1-10(11)6-4-3-5-9(7-10)8-12-2;1-2/h3-7H,8H2,1-2H3;1-2H3. The lowest BCUT2D eigenvalue weighted by Crippen LogP contribution is -2.10. The lowest BCUT2D eigenvalue weighted by Gasteiger charge is -2.10. The maximum absolute atomic E-state index is 13.5. The third-order valence-electron chi connectivity index (χ3n) is 1.62. The fourth-order valence-corrected chi connectivity index (χ4v) is 1.65. The van der Waals surface area contributed by atoms with Gasteiger partial charge in [-0.3, -0.25) is 0 Å². The first-order valence-corrected chi connectivity index (χ1v) is 6.29. The predicted molar refractivity (Wildman–Crippen MR) is 65.6 cm³/mol. The van der Waals surface area contributed by atoms with Crippen molar-refractivity contribution in [3.8, 4) is 0 Å². The molecule has 0 aromatic heterocycles. The van der Waals surface area contributed by atoms with E-state index in [0.717, 1.165) is 11.3 Å². The highest BCUT2D eigenvalue weighted by Gasteiger charge is 2.16. The van der Waals surface area contributed by atoms with Gasteiger partial charge in [0.15, 0.2) is 0 Å². The van der Waals surface area contributed by atoms with E-state index in [0.29, 0.717) is 0 Å². The molecule has 2 heteroatoms. The number of allylic oxidation sites excluding steroid dienone is 5. The summed E-state index contributed by atoms with van der Waals surface area (Å²) in [5.74, 6) is 0.873. The summed E-state index contributed by atoms with van der Waals surface area (Å²) in [6.45, 7) is 5.57. The van der Waals surface area contributed by atoms with Crippen LogP contribution >= 0.6 is 11.8 Å². The van der Waals surface area contributed by atoms with Crippen molar-refractivity contribution in [2.75, 3.05) is 12.0 Å². The molecule has 0 nitrogen and oxygen atoms in total. The maximum atomic E-state index is 13.5. The topological polar surface area (TPSA) is 0 Å². The molecule has 14 heavy (non-hydrogen) atoms. The second-order valence-electron chi connectivity index (χ2n) is 3.02. The Hall–Kier alpha value is -0.500. The van der Waals surface area contributed by atoms with Crippen molar-refractivity contribution in [3.05, 3.63) is 36.0 Å². The zero-order valence-corrected chi connectivity index (χ0v) is 10.2. The van der Waals surface area contributed by atoms with Crippen LogP contribution in [0, 0.1) is 0 Å². The van der Waals surface area contributed by atoms with Gasteiger partial charge in [0.1, 0.15) is 5.67 Å². The van der Waals surface area contributed by atoms with Crippen LogP contribution in [0.1, 0.15) is 20.8 Å². The summed E-state index contributed by atoms with van der Waals surface area (Å²) < 4.78 is 13.5. The minimum absolute atomic E-state index is 0.873. The largest absolute Gasteiger partial charge is 0.235 e. The van der Waals surface area contributed by atoms with E-state index in [2.05, 4.69) is 0 Å². The number of thioether (sulfide) groups is 1. The van der Waals surface area contributed by atoms with Crippen molar-refractivity contribution in [2.45, 2.75) is 26.4 Å². The quantitative estimate of drug-likeness (QED) is 0.665. The first-order chi connectivity index (χ1) is 6.64. The van der Waals surface area contributed by atoms with Gasteiger partial charge in [-0.15, -0.1) is 0 Å². The minimum atomic E-state index is -1.28. The second kappa shape index (κ2) is 6.88. The lowest BCUT2D eigenvalue weighted by molar-refractivity contribution is 0.327. The van der Waals surface area contributed by atoms with Crippen LogP contribution in [0.25, 0.3) is 0 Å². The van der Waals surface area contributed by atoms with E-state index in [-0.39, 0.29) is 0 Å². The minimum Gasteiger partial charge on any atom is -0.235 e. The average Bonchev–Trinajstić information content (AvgIpc) is 2.30. The maximum Gasteiger partial charge on any atom is 0.145 e. The molecule has 0 aliphatic heterocycles. The molecule has 0 bridgehead atoms. The second-order valence-corrected chi connectivity index (χ2v) is 3.89. The van der Waals surface area contributed by atoms with Gasteiger partial charge in [-0.25, -0.2) is 4.39 Å². The van der Waals surface area contributed by atoms with Crippen molar-refractivity contribution in [1.82, 2.24) is 0 Å². The summed E-state index contributed by atoms with van der Waals surface area (Å²) in [6.07, 6.45) is 10.8. The van der Waals surface area contributed by atoms with Gasteiger partial charge in [0.05, 0.1) is 0 Å². The summed E-state index contributed by atoms with van der Waals surface area (Å²) >= 11 is 1.70. The Kier molecular flexibility index (Phi) is 6.64. The van der Waals surface area contributed by atoms with E-state index in [1.807, 2.05) is 32.3 Å². The van der Waals surface area contributed by atoms with E-state index >= 15 is 0 Å². The molecule has 1 atom stereocenters. The van der Waals surface area contributed by atoms with Gasteiger partial charge in [-0.05, 0) is 30.9 Å². The van der Waals surface area contributed by atoms with Gasteiger partial charge >= 0.3 is 0 Å². The molecule has 1 aliphatic carbocycles. The Morgan fingerprint density at radius 2 is 2.00 bits per heavy atom. The van der Waals surface area contributed by atoms with E-state index in [4.69, 9.17) is 0 Å². The number of hydrogen-bond donors (Lipinski definition) is 0. The zero-order valence-electron chi connectivity index (χ0n) is 9.38. The number of alkyl halides is 1. The molecule has 1 rings (SSSR count). The van der Waals surface area contributed by atoms with E-state index in [9.17, 15) is 4.39 Å². The molecular weight excluding hydrogens is 195 g/mol. The summed E-state index contributed by atoms with van der Waals surface area (Å²) in [4.78, 5) is 0. The van der Waals surface area contributed by atoms with Crippen LogP contribution in [0.15, 0.2) is 36.0 Å². The summed E-state index contributed by atoms with van der Waals surface area (Å²) in [6, 6.07) is 0. The number of hydrogen-bond acceptors (Lipinski definition) is 1. The molecule has 1 aliphatic rings. The van der Waals surface area contributed by atoms with Crippen LogP contribution in [-0.2, 0) is 0 Å². The predicted octanol–water partition coefficient (Wildman–Crippen LogP) is 4.16. The first kappa shape index (κ1) is 13.5. The van der Waals surface area contributed by atoms with Crippen LogP contribution in [0.5, 0.6) is 0 Å². The monoisotopic (exact) mass is 214 g/mol. The van der Waals surface area contributed by atoms with Gasteiger partial charge in [-0.2, -0.15) is 11.8 Å². The molecule has 0 heterocycles. The summed E-state index contributed by atoms with van der Waals surface area (Å²) in [7, 11) is 0. The van der Waals surface area contributed by atoms with Crippen molar-refractivity contribution in [1.29, 1.82) is 0 Å². The molecule has 0 aromatic carbocycles. The van der Waals surface area contributed by atoms with Gasteiger partial charge in [-0.1, -0.05) is 32.1 Å². The van der Waals surface area contributed by atoms with Crippen molar-refractivity contribution in [3.63, 3.8) is 0 Å². The Morgan fingerprint density at radius 1 is 1.36 bits per heavy atom. The molecule has 0 N–H and O–H groups in total. The Balaban J connectivity index is 0.000000791. The molecule has 0 saturated carbocycles. The Labute approximate surface area is 91.0 Å². The van der Waals surface area contributed by atoms with Gasteiger partial charge in [0, 0.05) is 5.75 Å². The fourth-order valence-electron chi connectivity index (χ4n) is 1.14. The summed E-state index contributed by atoms with van der Waals surface area (Å²) in [5.41, 5.74) is -0.230. The van der Waals surface area contributed by atoms with Crippen LogP contribution in [0.4, 0.5) is 4.39 Å². The van der Waals surface area contributed by atoms with Crippen LogP contribution in [-0.4, -0.2) is 17.7 Å². The first-order valence-electron chi connectivity index (χ1n) is 4.89. The van der Waals surface area contributed by atoms with Crippen LogP contribution in [0.3, 0.4) is 0 Å². The Bertz CT molecular complexity index is 237. The molecule has 0 fully saturated rings. The highest BCUT2D eigenvalue weighted by atomic mass is 32.2. The van der Waals surface area contributed by atoms with Crippen molar-refractivity contribution >= 4 is 11.8 Å². The molecule has 80 valence electrons. The Morgan fingerprint density at radius 3 is 2.57 bits per heavy atom. The average molecular weight is 214 g/mol. The van der Waals surface area contributed by atoms with E-state index < -0.39 is 5.67 Å². The van der Waals surface area contributed by atoms with Gasteiger partial charge in [0.25, 0.3) is 0 Å². The number of rotatable bonds is 2. The lowest BCUT2D eigenvalue weighted by atomic mass is 10.1. The highest BCUT2D eigenvalue weighted by molar-refractivity contribution is 7.98. The van der Waals surface area contributed by atoms with Gasteiger partial charge in [0.2, 0.25) is 0 Å². The van der Waals surface area contributed by atoms with Gasteiger partial charge < -0.3 is 0 Å². The SMILES string of the molecule is CC.CSCC1=CC(C)(F)C=CC=C1. The van der Waals surface area contributed by atoms with Crippen molar-refractivity contribution in [2.24, 2.45) is 0 Å².